The van der Waals surface area contributed by atoms with Gasteiger partial charge in [0.25, 0.3) is 0 Å². The first-order valence-electron chi connectivity index (χ1n) is 5.12. The Hall–Kier alpha value is -0.370. The highest BCUT2D eigenvalue weighted by Gasteiger charge is 2.13. The first-order valence-corrected chi connectivity index (χ1v) is 5.12. The Kier molecular flexibility index (Phi) is 5.23. The molecule has 0 rings (SSSR count). The lowest BCUT2D eigenvalue weighted by Gasteiger charge is -2.17. The van der Waals surface area contributed by atoms with E-state index >= 15 is 0 Å². The van der Waals surface area contributed by atoms with Gasteiger partial charge < -0.3 is 5.73 Å². The van der Waals surface area contributed by atoms with E-state index in [9.17, 15) is 4.79 Å². The molecule has 0 radical (unpaired) electrons. The lowest BCUT2D eigenvalue weighted by molar-refractivity contribution is -0.119. The van der Waals surface area contributed by atoms with E-state index in [1.165, 1.54) is 0 Å². The van der Waals surface area contributed by atoms with Crippen LogP contribution >= 0.6 is 0 Å². The first-order chi connectivity index (χ1) is 5.81. The number of ketones is 1. The van der Waals surface area contributed by atoms with E-state index in [1.54, 1.807) is 0 Å². The van der Waals surface area contributed by atoms with Crippen LogP contribution in [0.25, 0.3) is 0 Å². The summed E-state index contributed by atoms with van der Waals surface area (Å²) >= 11 is 0. The second kappa shape index (κ2) is 5.38. The molecule has 2 N–H and O–H groups in total. The number of hydrogen-bond acceptors (Lipinski definition) is 2. The van der Waals surface area contributed by atoms with E-state index in [0.717, 1.165) is 12.8 Å². The van der Waals surface area contributed by atoms with Gasteiger partial charge in [0.1, 0.15) is 5.78 Å². The van der Waals surface area contributed by atoms with Gasteiger partial charge in [-0.1, -0.05) is 13.8 Å². The van der Waals surface area contributed by atoms with Crippen LogP contribution in [0.5, 0.6) is 0 Å². The monoisotopic (exact) mass is 185 g/mol. The minimum atomic E-state index is -0.201. The fourth-order valence-corrected chi connectivity index (χ4v) is 1.04. The summed E-state index contributed by atoms with van der Waals surface area (Å²) in [6.45, 7) is 8.20. The molecule has 0 amide bonds. The van der Waals surface area contributed by atoms with Gasteiger partial charge in [-0.2, -0.15) is 0 Å². The molecular weight excluding hydrogens is 162 g/mol. The van der Waals surface area contributed by atoms with E-state index in [2.05, 4.69) is 13.8 Å². The predicted octanol–water partition coefficient (Wildman–Crippen LogP) is 2.51. The van der Waals surface area contributed by atoms with Gasteiger partial charge >= 0.3 is 0 Å². The summed E-state index contributed by atoms with van der Waals surface area (Å²) in [6, 6.07) is 0. The van der Waals surface area contributed by atoms with Crippen LogP contribution in [0, 0.1) is 5.92 Å². The van der Waals surface area contributed by atoms with E-state index in [4.69, 9.17) is 5.73 Å². The molecule has 2 heteroatoms. The van der Waals surface area contributed by atoms with Gasteiger partial charge in [-0.15, -0.1) is 0 Å². The van der Waals surface area contributed by atoms with Crippen molar-refractivity contribution in [3.63, 3.8) is 0 Å². The highest BCUT2D eigenvalue weighted by Crippen LogP contribution is 2.11. The molecule has 0 aliphatic rings. The summed E-state index contributed by atoms with van der Waals surface area (Å²) in [4.78, 5) is 11.3. The number of Topliss-reactive ketones (excluding diaryl/α,β-unsaturated/α-hetero) is 1. The zero-order chi connectivity index (χ0) is 10.5. The molecule has 0 aliphatic carbocycles. The van der Waals surface area contributed by atoms with Crippen LogP contribution in [0.15, 0.2) is 0 Å². The quantitative estimate of drug-likeness (QED) is 0.691. The number of carbonyl (C=O) groups is 1. The summed E-state index contributed by atoms with van der Waals surface area (Å²) in [5.41, 5.74) is 5.59. The second-order valence-corrected chi connectivity index (χ2v) is 4.96. The van der Waals surface area contributed by atoms with Gasteiger partial charge in [-0.3, -0.25) is 4.79 Å². The van der Waals surface area contributed by atoms with Crippen LogP contribution in [0.3, 0.4) is 0 Å². The van der Waals surface area contributed by atoms with E-state index in [-0.39, 0.29) is 5.54 Å². The topological polar surface area (TPSA) is 43.1 Å². The SMILES string of the molecule is CC(C)CCC(=O)CCC(C)(C)N. The summed E-state index contributed by atoms with van der Waals surface area (Å²) in [5, 5.41) is 0. The predicted molar refractivity (Wildman–Crippen MR) is 56.6 cm³/mol. The Bertz CT molecular complexity index is 156. The molecule has 0 spiro atoms. The van der Waals surface area contributed by atoms with Crippen molar-refractivity contribution in [1.29, 1.82) is 0 Å². The average molecular weight is 185 g/mol. The number of rotatable bonds is 6. The normalized spacial score (nSPS) is 12.2. The fraction of sp³-hybridized carbons (Fsp3) is 0.909. The lowest BCUT2D eigenvalue weighted by Crippen LogP contribution is -2.32. The molecule has 0 aromatic carbocycles. The first kappa shape index (κ1) is 12.6. The van der Waals surface area contributed by atoms with Crippen LogP contribution in [-0.2, 0) is 4.79 Å². The molecule has 0 saturated carbocycles. The highest BCUT2D eigenvalue weighted by molar-refractivity contribution is 5.78. The Morgan fingerprint density at radius 3 is 2.23 bits per heavy atom. The molecule has 0 heterocycles. The number of nitrogens with two attached hydrogens (primary N) is 1. The molecule has 0 aromatic rings. The fourth-order valence-electron chi connectivity index (χ4n) is 1.04. The van der Waals surface area contributed by atoms with Crippen LogP contribution in [0.1, 0.15) is 53.4 Å². The van der Waals surface area contributed by atoms with Crippen molar-refractivity contribution in [1.82, 2.24) is 0 Å². The molecule has 0 unspecified atom stereocenters. The van der Waals surface area contributed by atoms with Crippen molar-refractivity contribution in [3.05, 3.63) is 0 Å². The third kappa shape index (κ3) is 9.54. The minimum absolute atomic E-state index is 0.201. The number of carbonyl (C=O) groups excluding carboxylic acids is 1. The molecule has 0 aliphatic heterocycles. The van der Waals surface area contributed by atoms with E-state index in [0.29, 0.717) is 24.5 Å². The molecule has 0 saturated heterocycles. The zero-order valence-corrected chi connectivity index (χ0v) is 9.39. The molecule has 13 heavy (non-hydrogen) atoms. The maximum atomic E-state index is 11.3. The van der Waals surface area contributed by atoms with Crippen molar-refractivity contribution in [2.75, 3.05) is 0 Å². The average Bonchev–Trinajstić information content (AvgIpc) is 1.95. The number of hydrogen-bond donors (Lipinski definition) is 1. The third-order valence-electron chi connectivity index (χ3n) is 2.05. The molecule has 2 nitrogen and oxygen atoms in total. The summed E-state index contributed by atoms with van der Waals surface area (Å²) < 4.78 is 0. The summed E-state index contributed by atoms with van der Waals surface area (Å²) in [7, 11) is 0. The Labute approximate surface area is 81.9 Å². The Balaban J connectivity index is 3.53. The van der Waals surface area contributed by atoms with Crippen molar-refractivity contribution < 1.29 is 4.79 Å². The summed E-state index contributed by atoms with van der Waals surface area (Å²) in [6.07, 6.45) is 3.15. The molecule has 0 atom stereocenters. The van der Waals surface area contributed by atoms with Crippen LogP contribution in [-0.4, -0.2) is 11.3 Å². The zero-order valence-electron chi connectivity index (χ0n) is 9.39. The van der Waals surface area contributed by atoms with Crippen LogP contribution in [0.2, 0.25) is 0 Å². The maximum absolute atomic E-state index is 11.3. The smallest absolute Gasteiger partial charge is 0.132 e. The van der Waals surface area contributed by atoms with Gasteiger partial charge in [-0.05, 0) is 32.6 Å². The van der Waals surface area contributed by atoms with Gasteiger partial charge in [0.05, 0.1) is 0 Å². The lowest BCUT2D eigenvalue weighted by atomic mass is 9.96. The maximum Gasteiger partial charge on any atom is 0.132 e. The minimum Gasteiger partial charge on any atom is -0.326 e. The summed E-state index contributed by atoms with van der Waals surface area (Å²) in [5.74, 6) is 0.974. The van der Waals surface area contributed by atoms with Crippen molar-refractivity contribution in [2.24, 2.45) is 11.7 Å². The second-order valence-electron chi connectivity index (χ2n) is 4.96. The van der Waals surface area contributed by atoms with Crippen molar-refractivity contribution in [2.45, 2.75) is 58.9 Å². The Morgan fingerprint density at radius 2 is 1.85 bits per heavy atom. The Morgan fingerprint density at radius 1 is 1.31 bits per heavy atom. The van der Waals surface area contributed by atoms with Crippen molar-refractivity contribution >= 4 is 5.78 Å². The van der Waals surface area contributed by atoms with E-state index < -0.39 is 0 Å². The molecule has 0 bridgehead atoms. The van der Waals surface area contributed by atoms with Crippen LogP contribution in [0.4, 0.5) is 0 Å². The molecule has 0 fully saturated rings. The van der Waals surface area contributed by atoms with Gasteiger partial charge in [0.15, 0.2) is 0 Å². The highest BCUT2D eigenvalue weighted by atomic mass is 16.1. The van der Waals surface area contributed by atoms with Gasteiger partial charge in [-0.25, -0.2) is 0 Å². The van der Waals surface area contributed by atoms with E-state index in [1.807, 2.05) is 13.8 Å². The molecule has 78 valence electrons. The molecular formula is C11H23NO. The van der Waals surface area contributed by atoms with Crippen LogP contribution < -0.4 is 5.73 Å². The largest absolute Gasteiger partial charge is 0.326 e. The third-order valence-corrected chi connectivity index (χ3v) is 2.05. The van der Waals surface area contributed by atoms with Crippen molar-refractivity contribution in [3.8, 4) is 0 Å². The van der Waals surface area contributed by atoms with Gasteiger partial charge in [0.2, 0.25) is 0 Å². The van der Waals surface area contributed by atoms with Gasteiger partial charge in [0, 0.05) is 18.4 Å². The molecule has 0 aromatic heterocycles. The standard InChI is InChI=1S/C11H23NO/c1-9(2)5-6-10(13)7-8-11(3,4)12/h9H,5-8,12H2,1-4H3.